The third kappa shape index (κ3) is 12.6. The lowest BCUT2D eigenvalue weighted by Crippen LogP contribution is -2.07. The zero-order valence-corrected chi connectivity index (χ0v) is 20.4. The van der Waals surface area contributed by atoms with E-state index < -0.39 is 10.1 Å². The highest BCUT2D eigenvalue weighted by Gasteiger charge is 2.10. The maximum atomic E-state index is 11.9. The van der Waals surface area contributed by atoms with E-state index in [-0.39, 0.29) is 16.6 Å². The summed E-state index contributed by atoms with van der Waals surface area (Å²) >= 11 is 0. The van der Waals surface area contributed by atoms with Crippen molar-refractivity contribution in [2.45, 2.75) is 94.8 Å². The van der Waals surface area contributed by atoms with E-state index in [9.17, 15) is 13.2 Å². The van der Waals surface area contributed by atoms with E-state index in [1.807, 2.05) is 0 Å². The first kappa shape index (κ1) is 27.1. The van der Waals surface area contributed by atoms with Gasteiger partial charge >= 0.3 is 5.97 Å². The summed E-state index contributed by atoms with van der Waals surface area (Å²) in [5, 5.41) is 0. The molecule has 0 radical (unpaired) electrons. The Morgan fingerprint density at radius 1 is 0.667 bits per heavy atom. The molecule has 0 saturated heterocycles. The van der Waals surface area contributed by atoms with Crippen molar-refractivity contribution in [1.29, 1.82) is 0 Å². The first-order valence-corrected chi connectivity index (χ1v) is 13.7. The highest BCUT2D eigenvalue weighted by Crippen LogP contribution is 2.17. The summed E-state index contributed by atoms with van der Waals surface area (Å²) in [6.45, 7) is 0. The fraction of sp³-hybridized carbons (Fsp3) is 0.519. The molecule has 0 aliphatic rings. The second-order valence-electron chi connectivity index (χ2n) is 8.65. The number of ether oxygens (including phenoxy) is 1. The number of rotatable bonds is 17. The van der Waals surface area contributed by atoms with E-state index in [0.717, 1.165) is 19.3 Å². The van der Waals surface area contributed by atoms with Gasteiger partial charge in [-0.2, -0.15) is 8.42 Å². The van der Waals surface area contributed by atoms with Crippen molar-refractivity contribution in [2.75, 3.05) is 0 Å². The molecule has 0 aromatic heterocycles. The van der Waals surface area contributed by atoms with E-state index in [1.54, 1.807) is 0 Å². The second kappa shape index (κ2) is 15.6. The summed E-state index contributed by atoms with van der Waals surface area (Å²) < 4.78 is 36.2. The van der Waals surface area contributed by atoms with Crippen LogP contribution >= 0.6 is 0 Å². The third-order valence-corrected chi connectivity index (χ3v) is 6.66. The molecule has 2 aromatic carbocycles. The molecule has 0 bridgehead atoms. The monoisotopic (exact) mass is 474 g/mol. The van der Waals surface area contributed by atoms with Crippen LogP contribution in [0, 0.1) is 0 Å². The minimum Gasteiger partial charge on any atom is -0.427 e. The summed E-state index contributed by atoms with van der Waals surface area (Å²) in [6, 6.07) is 15.9. The van der Waals surface area contributed by atoms with Gasteiger partial charge in [0.15, 0.2) is 0 Å². The maximum Gasteiger partial charge on any atom is 0.311 e. The average molecular weight is 475 g/mol. The number of hydrogen-bond acceptors (Lipinski definition) is 4. The van der Waals surface area contributed by atoms with Gasteiger partial charge in [-0.3, -0.25) is 9.35 Å². The van der Waals surface area contributed by atoms with Crippen LogP contribution in [0.2, 0.25) is 0 Å². The molecule has 6 heteroatoms. The van der Waals surface area contributed by atoms with Crippen LogP contribution in [0.25, 0.3) is 0 Å². The number of carbonyl (C=O) groups is 1. The van der Waals surface area contributed by atoms with Crippen molar-refractivity contribution in [1.82, 2.24) is 0 Å². The van der Waals surface area contributed by atoms with Crippen LogP contribution in [0.4, 0.5) is 0 Å². The van der Waals surface area contributed by atoms with Gasteiger partial charge in [0, 0.05) is 6.42 Å². The SMILES string of the molecule is O=C(CCCCCCCCCCCCCCc1ccccc1)Oc1ccc(S(=O)(=O)O)cc1. The molecule has 2 aromatic rings. The van der Waals surface area contributed by atoms with E-state index in [2.05, 4.69) is 30.3 Å². The summed E-state index contributed by atoms with van der Waals surface area (Å²) in [4.78, 5) is 11.7. The molecule has 2 rings (SSSR count). The molecule has 0 spiro atoms. The van der Waals surface area contributed by atoms with Gasteiger partial charge in [-0.25, -0.2) is 0 Å². The Bertz CT molecular complexity index is 892. The number of benzene rings is 2. The smallest absolute Gasteiger partial charge is 0.311 e. The highest BCUT2D eigenvalue weighted by atomic mass is 32.2. The first-order chi connectivity index (χ1) is 15.9. The van der Waals surface area contributed by atoms with Crippen LogP contribution in [-0.4, -0.2) is 18.9 Å². The quantitative estimate of drug-likeness (QED) is 0.114. The molecule has 0 saturated carbocycles. The van der Waals surface area contributed by atoms with Crippen molar-refractivity contribution in [3.05, 3.63) is 60.2 Å². The number of unbranched alkanes of at least 4 members (excludes halogenated alkanes) is 11. The van der Waals surface area contributed by atoms with Crippen LogP contribution in [0.5, 0.6) is 5.75 Å². The number of hydrogen-bond donors (Lipinski definition) is 1. The van der Waals surface area contributed by atoms with Crippen LogP contribution in [0.1, 0.15) is 89.0 Å². The summed E-state index contributed by atoms with van der Waals surface area (Å²) in [5.74, 6) is -0.0398. The molecule has 0 aliphatic heterocycles. The van der Waals surface area contributed by atoms with Crippen molar-refractivity contribution in [3.8, 4) is 5.75 Å². The van der Waals surface area contributed by atoms with Gasteiger partial charge in [0.25, 0.3) is 10.1 Å². The van der Waals surface area contributed by atoms with Gasteiger partial charge in [0.05, 0.1) is 4.90 Å². The standard InChI is InChI=1S/C27H38O5S/c28-27(32-25-20-22-26(23-21-25)33(29,30)31)19-15-10-8-6-4-2-1-3-5-7-9-12-16-24-17-13-11-14-18-24/h11,13-14,17-18,20-23H,1-10,12,15-16,19H2,(H,29,30,31). The molecule has 5 nitrogen and oxygen atoms in total. The summed E-state index contributed by atoms with van der Waals surface area (Å²) in [7, 11) is -4.23. The van der Waals surface area contributed by atoms with Gasteiger partial charge in [0.2, 0.25) is 0 Å². The molecule has 182 valence electrons. The molecule has 0 atom stereocenters. The minimum absolute atomic E-state index is 0.221. The predicted molar refractivity (Wildman–Crippen MR) is 132 cm³/mol. The lowest BCUT2D eigenvalue weighted by atomic mass is 10.0. The van der Waals surface area contributed by atoms with E-state index in [4.69, 9.17) is 9.29 Å². The van der Waals surface area contributed by atoms with Crippen molar-refractivity contribution >= 4 is 16.1 Å². The van der Waals surface area contributed by atoms with Gasteiger partial charge < -0.3 is 4.74 Å². The topological polar surface area (TPSA) is 80.7 Å². The number of carbonyl (C=O) groups excluding carboxylic acids is 1. The van der Waals surface area contributed by atoms with E-state index in [0.29, 0.717) is 6.42 Å². The molecule has 0 unspecified atom stereocenters. The Balaban J connectivity index is 1.36. The predicted octanol–water partition coefficient (Wildman–Crippen LogP) is 7.15. The largest absolute Gasteiger partial charge is 0.427 e. The molecule has 0 heterocycles. The number of esters is 1. The van der Waals surface area contributed by atoms with E-state index >= 15 is 0 Å². The third-order valence-electron chi connectivity index (χ3n) is 5.79. The van der Waals surface area contributed by atoms with Crippen molar-refractivity contribution in [2.24, 2.45) is 0 Å². The fourth-order valence-electron chi connectivity index (χ4n) is 3.87. The lowest BCUT2D eigenvalue weighted by molar-refractivity contribution is -0.134. The minimum atomic E-state index is -4.23. The zero-order chi connectivity index (χ0) is 23.8. The van der Waals surface area contributed by atoms with Gasteiger partial charge in [-0.1, -0.05) is 94.5 Å². The summed E-state index contributed by atoms with van der Waals surface area (Å²) in [6.07, 6.45) is 16.2. The normalized spacial score (nSPS) is 11.4. The Labute approximate surface area is 199 Å². The van der Waals surface area contributed by atoms with Gasteiger partial charge in [-0.05, 0) is 49.1 Å². The van der Waals surface area contributed by atoms with E-state index in [1.165, 1.54) is 94.0 Å². The van der Waals surface area contributed by atoms with Crippen molar-refractivity contribution in [3.63, 3.8) is 0 Å². The molecule has 0 fully saturated rings. The summed E-state index contributed by atoms with van der Waals surface area (Å²) in [5.41, 5.74) is 1.45. The molecular formula is C27H38O5S. The highest BCUT2D eigenvalue weighted by molar-refractivity contribution is 7.85. The Hall–Kier alpha value is -2.18. The lowest BCUT2D eigenvalue weighted by Gasteiger charge is -2.05. The van der Waals surface area contributed by atoms with Crippen LogP contribution < -0.4 is 4.74 Å². The molecule has 33 heavy (non-hydrogen) atoms. The Morgan fingerprint density at radius 3 is 1.67 bits per heavy atom. The average Bonchev–Trinajstić information content (AvgIpc) is 2.79. The molecule has 0 aliphatic carbocycles. The second-order valence-corrected chi connectivity index (χ2v) is 10.1. The van der Waals surface area contributed by atoms with Crippen LogP contribution in [0.3, 0.4) is 0 Å². The van der Waals surface area contributed by atoms with Crippen LogP contribution in [0.15, 0.2) is 59.5 Å². The van der Waals surface area contributed by atoms with Gasteiger partial charge in [0.1, 0.15) is 5.75 Å². The zero-order valence-electron chi connectivity index (χ0n) is 19.6. The Morgan fingerprint density at radius 2 is 1.15 bits per heavy atom. The first-order valence-electron chi connectivity index (χ1n) is 12.3. The van der Waals surface area contributed by atoms with Gasteiger partial charge in [-0.15, -0.1) is 0 Å². The maximum absolute atomic E-state index is 11.9. The molecule has 1 N–H and O–H groups in total. The molecular weight excluding hydrogens is 436 g/mol. The van der Waals surface area contributed by atoms with Crippen LogP contribution in [-0.2, 0) is 21.3 Å². The Kier molecular flexibility index (Phi) is 12.8. The molecule has 0 amide bonds. The van der Waals surface area contributed by atoms with Crippen molar-refractivity contribution < 1.29 is 22.5 Å². The number of aryl methyl sites for hydroxylation is 1. The fourth-order valence-corrected chi connectivity index (χ4v) is 4.35.